The van der Waals surface area contributed by atoms with E-state index in [4.69, 9.17) is 0 Å². The van der Waals surface area contributed by atoms with Gasteiger partial charge in [0.1, 0.15) is 0 Å². The van der Waals surface area contributed by atoms with Crippen LogP contribution in [-0.4, -0.2) is 19.5 Å². The van der Waals surface area contributed by atoms with Gasteiger partial charge in [-0.05, 0) is 17.7 Å². The molecular weight excluding hydrogens is 264 g/mol. The van der Waals surface area contributed by atoms with Crippen molar-refractivity contribution in [1.29, 1.82) is 0 Å². The van der Waals surface area contributed by atoms with Crippen molar-refractivity contribution in [3.63, 3.8) is 0 Å². The van der Waals surface area contributed by atoms with Gasteiger partial charge in [-0.2, -0.15) is 0 Å². The lowest BCUT2D eigenvalue weighted by molar-refractivity contribution is -0.136. The molecule has 0 aliphatic heterocycles. The first-order chi connectivity index (χ1) is 9.03. The van der Waals surface area contributed by atoms with E-state index in [1.807, 2.05) is 0 Å². The number of hydrogen-bond donors (Lipinski definition) is 1. The van der Waals surface area contributed by atoms with Gasteiger partial charge in [0.2, 0.25) is 0 Å². The Labute approximate surface area is 111 Å². The molecule has 98 valence electrons. The second-order valence-corrected chi connectivity index (χ2v) is 6.02. The normalized spacial score (nSPS) is 12.8. The summed E-state index contributed by atoms with van der Waals surface area (Å²) in [4.78, 5) is 11.3. The van der Waals surface area contributed by atoms with Crippen LogP contribution in [0.2, 0.25) is 0 Å². The number of carboxylic acids is 1. The fourth-order valence-corrected chi connectivity index (χ4v) is 3.42. The molecular formula is C14H12O4S. The minimum atomic E-state index is -3.95. The average Bonchev–Trinajstić information content (AvgIpc) is 2.40. The van der Waals surface area contributed by atoms with Crippen LogP contribution in [0.3, 0.4) is 0 Å². The van der Waals surface area contributed by atoms with Crippen LogP contribution in [0.25, 0.3) is 0 Å². The summed E-state index contributed by atoms with van der Waals surface area (Å²) < 4.78 is 24.8. The van der Waals surface area contributed by atoms with E-state index in [1.165, 1.54) is 24.3 Å². The molecule has 0 aliphatic rings. The van der Waals surface area contributed by atoms with Crippen LogP contribution in [-0.2, 0) is 14.6 Å². The van der Waals surface area contributed by atoms with Gasteiger partial charge in [-0.3, -0.25) is 4.79 Å². The number of hydrogen-bond acceptors (Lipinski definition) is 3. The van der Waals surface area contributed by atoms with Gasteiger partial charge in [0, 0.05) is 0 Å². The molecule has 1 N–H and O–H groups in total. The van der Waals surface area contributed by atoms with Crippen LogP contribution in [0.5, 0.6) is 0 Å². The molecule has 19 heavy (non-hydrogen) atoms. The molecule has 1 atom stereocenters. The molecule has 0 saturated carbocycles. The number of sulfone groups is 1. The minimum absolute atomic E-state index is 0.00579. The second kappa shape index (κ2) is 5.24. The highest BCUT2D eigenvalue weighted by Crippen LogP contribution is 2.28. The summed E-state index contributed by atoms with van der Waals surface area (Å²) in [5, 5.41) is 7.66. The molecule has 0 bridgehead atoms. The van der Waals surface area contributed by atoms with Crippen molar-refractivity contribution >= 4 is 15.8 Å². The number of aliphatic carboxylic acids is 1. The summed E-state index contributed by atoms with van der Waals surface area (Å²) in [7, 11) is -3.95. The lowest BCUT2D eigenvalue weighted by Crippen LogP contribution is -2.22. The zero-order valence-corrected chi connectivity index (χ0v) is 10.7. The maximum Gasteiger partial charge on any atom is 0.326 e. The van der Waals surface area contributed by atoms with E-state index in [9.17, 15) is 18.3 Å². The van der Waals surface area contributed by atoms with Gasteiger partial charge in [0.15, 0.2) is 15.1 Å². The molecule has 0 aromatic heterocycles. The van der Waals surface area contributed by atoms with E-state index in [1.54, 1.807) is 36.4 Å². The van der Waals surface area contributed by atoms with Crippen molar-refractivity contribution in [2.24, 2.45) is 0 Å². The van der Waals surface area contributed by atoms with Crippen molar-refractivity contribution < 1.29 is 18.3 Å². The maximum absolute atomic E-state index is 12.4. The Morgan fingerprint density at radius 1 is 0.895 bits per heavy atom. The van der Waals surface area contributed by atoms with Gasteiger partial charge in [-0.15, -0.1) is 0 Å². The smallest absolute Gasteiger partial charge is 0.326 e. The first kappa shape index (κ1) is 13.3. The summed E-state index contributed by atoms with van der Waals surface area (Å²) in [5.41, 5.74) is 0.249. The van der Waals surface area contributed by atoms with Gasteiger partial charge < -0.3 is 5.11 Å². The molecule has 4 nitrogen and oxygen atoms in total. The highest BCUT2D eigenvalue weighted by molar-refractivity contribution is 7.92. The average molecular weight is 276 g/mol. The molecule has 0 amide bonds. The Hall–Kier alpha value is -2.14. The Kier molecular flexibility index (Phi) is 3.66. The fourth-order valence-electron chi connectivity index (χ4n) is 1.83. The van der Waals surface area contributed by atoms with Crippen LogP contribution in [0.1, 0.15) is 10.8 Å². The summed E-state index contributed by atoms with van der Waals surface area (Å²) in [6.07, 6.45) is 0. The molecule has 0 aliphatic carbocycles. The molecule has 0 heterocycles. The number of carbonyl (C=O) groups is 1. The summed E-state index contributed by atoms with van der Waals surface area (Å²) >= 11 is 0. The van der Waals surface area contributed by atoms with E-state index in [0.717, 1.165) is 0 Å². The summed E-state index contributed by atoms with van der Waals surface area (Å²) in [6.45, 7) is 0. The zero-order chi connectivity index (χ0) is 13.9. The molecule has 2 rings (SSSR count). The van der Waals surface area contributed by atoms with E-state index in [-0.39, 0.29) is 10.5 Å². The number of carboxylic acid groups (broad SMARTS) is 1. The van der Waals surface area contributed by atoms with Crippen molar-refractivity contribution in [2.75, 3.05) is 0 Å². The number of benzene rings is 2. The molecule has 5 heteroatoms. The van der Waals surface area contributed by atoms with Crippen LogP contribution in [0.15, 0.2) is 65.6 Å². The topological polar surface area (TPSA) is 71.4 Å². The van der Waals surface area contributed by atoms with E-state index >= 15 is 0 Å². The Bertz CT molecular complexity index is 663. The summed E-state index contributed by atoms with van der Waals surface area (Å²) in [6, 6.07) is 15.5. The van der Waals surface area contributed by atoms with Crippen LogP contribution in [0.4, 0.5) is 0 Å². The molecule has 0 radical (unpaired) electrons. The molecule has 0 spiro atoms. The van der Waals surface area contributed by atoms with Crippen molar-refractivity contribution in [3.05, 3.63) is 66.2 Å². The Balaban J connectivity index is 2.55. The third-order valence-corrected chi connectivity index (χ3v) is 4.73. The standard InChI is InChI=1S/C14H12O4S/c15-14(16)13(11-7-3-1-4-8-11)19(17,18)12-9-5-2-6-10-12/h1-10,13H,(H,15,16). The van der Waals surface area contributed by atoms with Crippen LogP contribution < -0.4 is 0 Å². The lowest BCUT2D eigenvalue weighted by Gasteiger charge is -2.13. The van der Waals surface area contributed by atoms with Crippen molar-refractivity contribution in [1.82, 2.24) is 0 Å². The predicted molar refractivity (Wildman–Crippen MR) is 70.4 cm³/mol. The first-order valence-corrected chi connectivity index (χ1v) is 7.15. The minimum Gasteiger partial charge on any atom is -0.480 e. The molecule has 1 unspecified atom stereocenters. The van der Waals surface area contributed by atoms with Crippen molar-refractivity contribution in [3.8, 4) is 0 Å². The van der Waals surface area contributed by atoms with Crippen LogP contribution >= 0.6 is 0 Å². The van der Waals surface area contributed by atoms with Gasteiger partial charge >= 0.3 is 5.97 Å². The largest absolute Gasteiger partial charge is 0.480 e. The Morgan fingerprint density at radius 3 is 1.84 bits per heavy atom. The second-order valence-electron chi connectivity index (χ2n) is 3.99. The van der Waals surface area contributed by atoms with Crippen LogP contribution in [0, 0.1) is 0 Å². The monoisotopic (exact) mass is 276 g/mol. The first-order valence-electron chi connectivity index (χ1n) is 5.60. The number of rotatable bonds is 4. The quantitative estimate of drug-likeness (QED) is 0.930. The van der Waals surface area contributed by atoms with Crippen molar-refractivity contribution in [2.45, 2.75) is 10.1 Å². The fraction of sp³-hybridized carbons (Fsp3) is 0.0714. The molecule has 0 fully saturated rings. The highest BCUT2D eigenvalue weighted by Gasteiger charge is 2.35. The van der Waals surface area contributed by atoms with E-state index in [2.05, 4.69) is 0 Å². The highest BCUT2D eigenvalue weighted by atomic mass is 32.2. The zero-order valence-electron chi connectivity index (χ0n) is 9.93. The van der Waals surface area contributed by atoms with Gasteiger partial charge in [0.25, 0.3) is 0 Å². The SMILES string of the molecule is O=C(O)C(c1ccccc1)S(=O)(=O)c1ccccc1. The van der Waals surface area contributed by atoms with Gasteiger partial charge in [-0.1, -0.05) is 48.5 Å². The van der Waals surface area contributed by atoms with Gasteiger partial charge in [-0.25, -0.2) is 8.42 Å². The third kappa shape index (κ3) is 2.66. The summed E-state index contributed by atoms with van der Waals surface area (Å²) in [5.74, 6) is -1.38. The molecule has 2 aromatic carbocycles. The lowest BCUT2D eigenvalue weighted by atomic mass is 10.1. The van der Waals surface area contributed by atoms with E-state index in [0.29, 0.717) is 0 Å². The third-order valence-electron chi connectivity index (χ3n) is 2.71. The maximum atomic E-state index is 12.4. The predicted octanol–water partition coefficient (Wildman–Crippen LogP) is 2.29. The Morgan fingerprint density at radius 2 is 1.37 bits per heavy atom. The molecule has 2 aromatic rings. The van der Waals surface area contributed by atoms with Gasteiger partial charge in [0.05, 0.1) is 4.90 Å². The molecule has 0 saturated heterocycles. The van der Waals surface area contributed by atoms with E-state index < -0.39 is 21.1 Å².